The summed E-state index contributed by atoms with van der Waals surface area (Å²) in [5, 5.41) is 5.14. The molecule has 0 aliphatic carbocycles. The normalized spacial score (nSPS) is 21.9. The lowest BCUT2D eigenvalue weighted by Gasteiger charge is -2.00. The van der Waals surface area contributed by atoms with Gasteiger partial charge in [-0.25, -0.2) is 4.79 Å². The minimum atomic E-state index is -0.124. The van der Waals surface area contributed by atoms with Gasteiger partial charge in [-0.1, -0.05) is 0 Å². The van der Waals surface area contributed by atoms with Crippen LogP contribution in [-0.4, -0.2) is 32.3 Å². The molecule has 4 heteroatoms. The van der Waals surface area contributed by atoms with Crippen molar-refractivity contribution >= 4 is 6.03 Å². The molecule has 2 amide bonds. The van der Waals surface area contributed by atoms with Gasteiger partial charge in [0.05, 0.1) is 12.7 Å². The van der Waals surface area contributed by atoms with E-state index in [1.165, 1.54) is 0 Å². The van der Waals surface area contributed by atoms with Crippen LogP contribution in [0, 0.1) is 0 Å². The van der Waals surface area contributed by atoms with Gasteiger partial charge < -0.3 is 15.4 Å². The zero-order valence-electron chi connectivity index (χ0n) is 6.02. The first kappa shape index (κ1) is 7.34. The van der Waals surface area contributed by atoms with E-state index in [0.717, 1.165) is 13.0 Å². The van der Waals surface area contributed by atoms with Gasteiger partial charge in [-0.2, -0.15) is 0 Å². The van der Waals surface area contributed by atoms with Gasteiger partial charge in [0.25, 0.3) is 0 Å². The first-order valence-corrected chi connectivity index (χ1v) is 3.40. The van der Waals surface area contributed by atoms with Gasteiger partial charge in [-0.3, -0.25) is 0 Å². The van der Waals surface area contributed by atoms with Gasteiger partial charge in [-0.05, 0) is 6.42 Å². The average Bonchev–Trinajstić information content (AvgIpc) is 2.71. The van der Waals surface area contributed by atoms with Crippen molar-refractivity contribution in [3.63, 3.8) is 0 Å². The molecule has 0 bridgehead atoms. The molecule has 0 spiro atoms. The maximum absolute atomic E-state index is 10.6. The first-order chi connectivity index (χ1) is 4.83. The topological polar surface area (TPSA) is 53.7 Å². The second-order valence-corrected chi connectivity index (χ2v) is 2.25. The molecule has 0 aromatic carbocycles. The van der Waals surface area contributed by atoms with Crippen LogP contribution in [0.5, 0.6) is 0 Å². The number of amides is 2. The zero-order chi connectivity index (χ0) is 7.40. The fraction of sp³-hybridized carbons (Fsp3) is 0.833. The number of urea groups is 1. The fourth-order valence-electron chi connectivity index (χ4n) is 0.670. The molecule has 1 heterocycles. The molecular weight excluding hydrogens is 132 g/mol. The van der Waals surface area contributed by atoms with Crippen molar-refractivity contribution < 1.29 is 9.53 Å². The fourth-order valence-corrected chi connectivity index (χ4v) is 0.670. The Kier molecular flexibility index (Phi) is 2.50. The van der Waals surface area contributed by atoms with Crippen molar-refractivity contribution in [1.82, 2.24) is 10.6 Å². The number of carbonyl (C=O) groups excluding carboxylic acids is 1. The predicted octanol–water partition coefficient (Wildman–Crippen LogP) is -0.296. The molecule has 1 aliphatic heterocycles. The molecule has 0 aromatic rings. The Morgan fingerprint density at radius 1 is 1.80 bits per heavy atom. The van der Waals surface area contributed by atoms with Crippen LogP contribution in [0.25, 0.3) is 0 Å². The van der Waals surface area contributed by atoms with E-state index in [4.69, 9.17) is 4.74 Å². The van der Waals surface area contributed by atoms with Crippen molar-refractivity contribution in [2.24, 2.45) is 0 Å². The summed E-state index contributed by atoms with van der Waals surface area (Å²) in [6, 6.07) is -0.124. The largest absolute Gasteiger partial charge is 0.373 e. The Labute approximate surface area is 59.9 Å². The number of rotatable bonds is 3. The molecule has 2 N–H and O–H groups in total. The summed E-state index contributed by atoms with van der Waals surface area (Å²) in [4.78, 5) is 10.6. The predicted molar refractivity (Wildman–Crippen MR) is 36.8 cm³/mol. The molecular formula is C6H12N2O2. The quantitative estimate of drug-likeness (QED) is 0.534. The van der Waals surface area contributed by atoms with Crippen LogP contribution in [-0.2, 0) is 4.74 Å². The van der Waals surface area contributed by atoms with E-state index in [9.17, 15) is 4.79 Å². The lowest BCUT2D eigenvalue weighted by atomic mass is 10.3. The molecule has 1 rings (SSSR count). The Morgan fingerprint density at radius 2 is 2.50 bits per heavy atom. The van der Waals surface area contributed by atoms with Gasteiger partial charge in [0, 0.05) is 13.6 Å². The van der Waals surface area contributed by atoms with Crippen molar-refractivity contribution in [3.05, 3.63) is 0 Å². The van der Waals surface area contributed by atoms with Crippen molar-refractivity contribution in [3.8, 4) is 0 Å². The van der Waals surface area contributed by atoms with E-state index < -0.39 is 0 Å². The Morgan fingerprint density at radius 3 is 3.00 bits per heavy atom. The maximum atomic E-state index is 10.6. The van der Waals surface area contributed by atoms with Crippen LogP contribution >= 0.6 is 0 Å². The van der Waals surface area contributed by atoms with Crippen LogP contribution in [0.4, 0.5) is 4.79 Å². The SMILES string of the molecule is CNC(=O)NCCC1CO1. The molecule has 1 unspecified atom stereocenters. The van der Waals surface area contributed by atoms with Crippen LogP contribution in [0.2, 0.25) is 0 Å². The third kappa shape index (κ3) is 2.68. The number of ether oxygens (including phenoxy) is 1. The summed E-state index contributed by atoms with van der Waals surface area (Å²) in [6.07, 6.45) is 1.32. The number of hydrogen-bond donors (Lipinski definition) is 2. The van der Waals surface area contributed by atoms with E-state index >= 15 is 0 Å². The Balaban J connectivity index is 1.88. The second kappa shape index (κ2) is 3.41. The van der Waals surface area contributed by atoms with E-state index in [1.54, 1.807) is 7.05 Å². The number of epoxide rings is 1. The number of carbonyl (C=O) groups is 1. The zero-order valence-corrected chi connectivity index (χ0v) is 6.02. The standard InChI is InChI=1S/C6H12N2O2/c1-7-6(9)8-3-2-5-4-10-5/h5H,2-4H2,1H3,(H2,7,8,9). The van der Waals surface area contributed by atoms with E-state index in [-0.39, 0.29) is 6.03 Å². The molecule has 1 saturated heterocycles. The van der Waals surface area contributed by atoms with Crippen LogP contribution in [0.15, 0.2) is 0 Å². The van der Waals surface area contributed by atoms with E-state index in [0.29, 0.717) is 12.6 Å². The summed E-state index contributed by atoms with van der Waals surface area (Å²) in [7, 11) is 1.60. The molecule has 58 valence electrons. The van der Waals surface area contributed by atoms with Crippen LogP contribution in [0.3, 0.4) is 0 Å². The lowest BCUT2D eigenvalue weighted by Crippen LogP contribution is -2.33. The van der Waals surface area contributed by atoms with Gasteiger partial charge >= 0.3 is 6.03 Å². The molecule has 1 atom stereocenters. The van der Waals surface area contributed by atoms with Gasteiger partial charge in [0.2, 0.25) is 0 Å². The number of nitrogens with one attached hydrogen (secondary N) is 2. The lowest BCUT2D eigenvalue weighted by molar-refractivity contribution is 0.242. The summed E-state index contributed by atoms with van der Waals surface area (Å²) >= 11 is 0. The summed E-state index contributed by atoms with van der Waals surface area (Å²) in [6.45, 7) is 1.56. The molecule has 1 fully saturated rings. The van der Waals surface area contributed by atoms with Gasteiger partial charge in [-0.15, -0.1) is 0 Å². The van der Waals surface area contributed by atoms with Crippen LogP contribution in [0.1, 0.15) is 6.42 Å². The number of hydrogen-bond acceptors (Lipinski definition) is 2. The average molecular weight is 144 g/mol. The summed E-state index contributed by atoms with van der Waals surface area (Å²) < 4.78 is 4.95. The van der Waals surface area contributed by atoms with Crippen molar-refractivity contribution in [2.45, 2.75) is 12.5 Å². The highest BCUT2D eigenvalue weighted by Gasteiger charge is 2.21. The highest BCUT2D eigenvalue weighted by Crippen LogP contribution is 2.11. The van der Waals surface area contributed by atoms with Crippen molar-refractivity contribution in [1.29, 1.82) is 0 Å². The van der Waals surface area contributed by atoms with Gasteiger partial charge in [0.15, 0.2) is 0 Å². The molecule has 1 aliphatic rings. The molecule has 10 heavy (non-hydrogen) atoms. The van der Waals surface area contributed by atoms with E-state index in [2.05, 4.69) is 10.6 Å². The monoisotopic (exact) mass is 144 g/mol. The minimum absolute atomic E-state index is 0.124. The molecule has 0 saturated carbocycles. The maximum Gasteiger partial charge on any atom is 0.314 e. The third-order valence-corrected chi connectivity index (χ3v) is 1.38. The highest BCUT2D eigenvalue weighted by molar-refractivity contribution is 5.73. The summed E-state index contributed by atoms with van der Waals surface area (Å²) in [5.41, 5.74) is 0. The smallest absolute Gasteiger partial charge is 0.314 e. The minimum Gasteiger partial charge on any atom is -0.373 e. The molecule has 0 radical (unpaired) electrons. The van der Waals surface area contributed by atoms with Crippen LogP contribution < -0.4 is 10.6 Å². The second-order valence-electron chi connectivity index (χ2n) is 2.25. The van der Waals surface area contributed by atoms with Gasteiger partial charge in [0.1, 0.15) is 0 Å². The Hall–Kier alpha value is -0.770. The summed E-state index contributed by atoms with van der Waals surface area (Å²) in [5.74, 6) is 0. The molecule has 0 aromatic heterocycles. The Bertz CT molecular complexity index is 123. The highest BCUT2D eigenvalue weighted by atomic mass is 16.6. The van der Waals surface area contributed by atoms with E-state index in [1.807, 2.05) is 0 Å². The third-order valence-electron chi connectivity index (χ3n) is 1.38. The molecule has 4 nitrogen and oxygen atoms in total. The van der Waals surface area contributed by atoms with Crippen molar-refractivity contribution in [2.75, 3.05) is 20.2 Å². The first-order valence-electron chi connectivity index (χ1n) is 3.40.